The first kappa shape index (κ1) is 21.0. The highest BCUT2D eigenvalue weighted by Crippen LogP contribution is 2.42. The van der Waals surface area contributed by atoms with Crippen LogP contribution in [0.5, 0.6) is 0 Å². The summed E-state index contributed by atoms with van der Waals surface area (Å²) in [5, 5.41) is 6.96. The number of halogens is 1. The summed E-state index contributed by atoms with van der Waals surface area (Å²) in [6, 6.07) is 6.11. The Morgan fingerprint density at radius 2 is 1.77 bits per heavy atom. The van der Waals surface area contributed by atoms with Gasteiger partial charge in [0.1, 0.15) is 17.5 Å². The number of nitrogens with zero attached hydrogens (tertiary/aromatic N) is 2. The molecule has 0 radical (unpaired) electrons. The van der Waals surface area contributed by atoms with Gasteiger partial charge in [-0.25, -0.2) is 14.4 Å². The summed E-state index contributed by atoms with van der Waals surface area (Å²) in [4.78, 5) is 16.3. The minimum absolute atomic E-state index is 0.227. The molecule has 2 saturated heterocycles. The molecule has 35 heavy (non-hydrogen) atoms. The molecule has 4 N–H and O–H groups in total. The zero-order valence-corrected chi connectivity index (χ0v) is 19.6. The summed E-state index contributed by atoms with van der Waals surface area (Å²) < 4.78 is 15.2. The van der Waals surface area contributed by atoms with Crippen molar-refractivity contribution in [3.63, 3.8) is 0 Å². The van der Waals surface area contributed by atoms with Gasteiger partial charge in [0.15, 0.2) is 0 Å². The second kappa shape index (κ2) is 8.43. The van der Waals surface area contributed by atoms with Crippen LogP contribution in [0.3, 0.4) is 0 Å². The number of imidazole rings is 2. The summed E-state index contributed by atoms with van der Waals surface area (Å²) in [6.07, 6.45) is 15.8. The summed E-state index contributed by atoms with van der Waals surface area (Å²) in [5.41, 5.74) is 6.76. The van der Waals surface area contributed by atoms with E-state index in [-0.39, 0.29) is 17.8 Å². The number of rotatable bonds is 4. The topological polar surface area (TPSA) is 81.4 Å². The molecular weight excluding hydrogens is 439 g/mol. The normalized spacial score (nSPS) is 25.3. The maximum atomic E-state index is 15.2. The zero-order valence-electron chi connectivity index (χ0n) is 19.6. The molecule has 2 fully saturated rings. The molecule has 0 bridgehead atoms. The van der Waals surface area contributed by atoms with E-state index in [0.717, 1.165) is 78.6 Å². The number of aromatic amines is 2. The van der Waals surface area contributed by atoms with Crippen LogP contribution >= 0.6 is 0 Å². The maximum Gasteiger partial charge on any atom is 0.133 e. The SMILES string of the molecule is Fc1cc(C2=CC=C3c4nc([C@@H]5CCCN5)[nH]c4C=CC3C2)ccc1-c1cnc([C@@H]2CCCN2)[nH]1. The first-order valence-corrected chi connectivity index (χ1v) is 12.7. The van der Waals surface area contributed by atoms with Crippen molar-refractivity contribution >= 4 is 17.2 Å². The smallest absolute Gasteiger partial charge is 0.133 e. The Morgan fingerprint density at radius 3 is 2.54 bits per heavy atom. The fourth-order valence-corrected chi connectivity index (χ4v) is 5.91. The van der Waals surface area contributed by atoms with Crippen LogP contribution < -0.4 is 10.6 Å². The lowest BCUT2D eigenvalue weighted by Crippen LogP contribution is -2.14. The third kappa shape index (κ3) is 3.70. The Balaban J connectivity index is 1.15. The number of fused-ring (bicyclic) bond motifs is 3. The van der Waals surface area contributed by atoms with Crippen LogP contribution in [0.1, 0.15) is 72.8 Å². The highest BCUT2D eigenvalue weighted by molar-refractivity contribution is 5.85. The van der Waals surface area contributed by atoms with Gasteiger partial charge in [-0.2, -0.15) is 0 Å². The predicted octanol–water partition coefficient (Wildman–Crippen LogP) is 5.30. The molecule has 2 aliphatic heterocycles. The van der Waals surface area contributed by atoms with Crippen LogP contribution in [-0.4, -0.2) is 33.0 Å². The second-order valence-corrected chi connectivity index (χ2v) is 10.0. The highest BCUT2D eigenvalue weighted by Gasteiger charge is 2.29. The summed E-state index contributed by atoms with van der Waals surface area (Å²) in [5.74, 6) is 1.96. The second-order valence-electron chi connectivity index (χ2n) is 10.0. The lowest BCUT2D eigenvalue weighted by molar-refractivity contribution is 0.612. The van der Waals surface area contributed by atoms with Gasteiger partial charge < -0.3 is 20.6 Å². The van der Waals surface area contributed by atoms with Gasteiger partial charge in [-0.15, -0.1) is 0 Å². The molecule has 3 atom stereocenters. The standard InChI is InChI=1S/C28H29FN6/c29-21-14-17(6-9-20(21)25-15-32-27(34-25)23-3-1-11-30-23)16-5-8-19-18(13-16)7-10-22-26(19)35-28(33-22)24-4-2-12-31-24/h5-10,14-15,18,23-24,30-31H,1-4,11-13H2,(H,32,34)(H,33,35)/t18?,23-,24-/m0/s1. The predicted molar refractivity (Wildman–Crippen MR) is 136 cm³/mol. The Labute approximate surface area is 203 Å². The van der Waals surface area contributed by atoms with E-state index >= 15 is 4.39 Å². The van der Waals surface area contributed by atoms with Gasteiger partial charge in [0.05, 0.1) is 35.4 Å². The average molecular weight is 469 g/mol. The Morgan fingerprint density at radius 1 is 0.943 bits per heavy atom. The minimum Gasteiger partial charge on any atom is -0.341 e. The Kier molecular flexibility index (Phi) is 5.06. The number of hydrogen-bond donors (Lipinski definition) is 4. The van der Waals surface area contributed by atoms with E-state index in [1.54, 1.807) is 12.3 Å². The van der Waals surface area contributed by atoms with Crippen LogP contribution in [0.25, 0.3) is 28.5 Å². The van der Waals surface area contributed by atoms with Crippen molar-refractivity contribution in [3.8, 4) is 11.3 Å². The third-order valence-corrected chi connectivity index (χ3v) is 7.83. The average Bonchev–Trinajstić information content (AvgIpc) is 3.69. The van der Waals surface area contributed by atoms with Gasteiger partial charge >= 0.3 is 0 Å². The molecule has 4 aliphatic rings. The first-order valence-electron chi connectivity index (χ1n) is 12.7. The molecule has 2 aliphatic carbocycles. The van der Waals surface area contributed by atoms with E-state index in [2.05, 4.69) is 49.9 Å². The molecule has 7 heteroatoms. The molecule has 1 aromatic carbocycles. The lowest BCUT2D eigenvalue weighted by Gasteiger charge is -2.25. The van der Waals surface area contributed by atoms with E-state index in [0.29, 0.717) is 11.6 Å². The number of nitrogens with one attached hydrogen (secondary N) is 4. The van der Waals surface area contributed by atoms with E-state index in [1.807, 2.05) is 12.1 Å². The number of allylic oxidation sites excluding steroid dienone is 5. The van der Waals surface area contributed by atoms with Gasteiger partial charge in [-0.3, -0.25) is 0 Å². The zero-order chi connectivity index (χ0) is 23.4. The van der Waals surface area contributed by atoms with E-state index in [9.17, 15) is 0 Å². The van der Waals surface area contributed by atoms with Gasteiger partial charge in [0.2, 0.25) is 0 Å². The molecule has 0 saturated carbocycles. The van der Waals surface area contributed by atoms with Gasteiger partial charge in [0, 0.05) is 11.5 Å². The molecule has 6 nitrogen and oxygen atoms in total. The highest BCUT2D eigenvalue weighted by atomic mass is 19.1. The fraction of sp³-hybridized carbons (Fsp3) is 0.357. The van der Waals surface area contributed by atoms with Gasteiger partial charge in [-0.1, -0.05) is 24.3 Å². The Bertz CT molecular complexity index is 1360. The molecule has 1 unspecified atom stereocenters. The molecule has 4 heterocycles. The van der Waals surface area contributed by atoms with Crippen molar-refractivity contribution in [2.24, 2.45) is 5.92 Å². The van der Waals surface area contributed by atoms with Crippen molar-refractivity contribution in [2.75, 3.05) is 13.1 Å². The lowest BCUT2D eigenvalue weighted by atomic mass is 9.80. The van der Waals surface area contributed by atoms with Crippen molar-refractivity contribution in [3.05, 3.63) is 77.0 Å². The van der Waals surface area contributed by atoms with Crippen LogP contribution in [0, 0.1) is 11.7 Å². The molecule has 2 aromatic heterocycles. The molecule has 7 rings (SSSR count). The number of aromatic nitrogens is 4. The van der Waals surface area contributed by atoms with Crippen molar-refractivity contribution < 1.29 is 4.39 Å². The fourth-order valence-electron chi connectivity index (χ4n) is 5.91. The van der Waals surface area contributed by atoms with Gasteiger partial charge in [0.25, 0.3) is 0 Å². The minimum atomic E-state index is -0.227. The van der Waals surface area contributed by atoms with E-state index in [4.69, 9.17) is 4.98 Å². The van der Waals surface area contributed by atoms with Gasteiger partial charge in [-0.05, 0) is 80.1 Å². The van der Waals surface area contributed by atoms with Crippen LogP contribution in [0.15, 0.2) is 42.6 Å². The molecule has 3 aromatic rings. The summed E-state index contributed by atoms with van der Waals surface area (Å²) in [7, 11) is 0. The quantitative estimate of drug-likeness (QED) is 0.419. The summed E-state index contributed by atoms with van der Waals surface area (Å²) in [6.45, 7) is 2.06. The number of H-pyrrole nitrogens is 2. The monoisotopic (exact) mass is 468 g/mol. The molecule has 178 valence electrons. The molecular formula is C28H29FN6. The maximum absolute atomic E-state index is 15.2. The number of hydrogen-bond acceptors (Lipinski definition) is 4. The number of benzene rings is 1. The van der Waals surface area contributed by atoms with E-state index in [1.165, 1.54) is 12.0 Å². The van der Waals surface area contributed by atoms with Crippen molar-refractivity contribution in [1.29, 1.82) is 0 Å². The third-order valence-electron chi connectivity index (χ3n) is 7.83. The van der Waals surface area contributed by atoms with Crippen LogP contribution in [0.4, 0.5) is 4.39 Å². The van der Waals surface area contributed by atoms with Crippen molar-refractivity contribution in [2.45, 2.75) is 44.2 Å². The van der Waals surface area contributed by atoms with Crippen molar-refractivity contribution in [1.82, 2.24) is 30.6 Å². The molecule has 0 amide bonds. The molecule has 0 spiro atoms. The summed E-state index contributed by atoms with van der Waals surface area (Å²) >= 11 is 0. The van der Waals surface area contributed by atoms with Crippen LogP contribution in [0.2, 0.25) is 0 Å². The van der Waals surface area contributed by atoms with Crippen LogP contribution in [-0.2, 0) is 0 Å². The first-order chi connectivity index (χ1) is 17.2. The Hall–Kier alpha value is -3.29. The largest absolute Gasteiger partial charge is 0.341 e. The van der Waals surface area contributed by atoms with E-state index < -0.39 is 0 Å².